The van der Waals surface area contributed by atoms with E-state index in [4.69, 9.17) is 0 Å². The normalized spacial score (nSPS) is 11.0. The lowest BCUT2D eigenvalue weighted by atomic mass is 10.0. The fourth-order valence-corrected chi connectivity index (χ4v) is 3.65. The molecule has 144 valence electrons. The zero-order chi connectivity index (χ0) is 20.8. The summed E-state index contributed by atoms with van der Waals surface area (Å²) in [5, 5.41) is 12.0. The highest BCUT2D eigenvalue weighted by atomic mass is 79.9. The quantitative estimate of drug-likeness (QED) is 0.313. The van der Waals surface area contributed by atoms with Crippen molar-refractivity contribution in [2.24, 2.45) is 0 Å². The first kappa shape index (κ1) is 21.0. The van der Waals surface area contributed by atoms with E-state index in [0.29, 0.717) is 5.69 Å². The summed E-state index contributed by atoms with van der Waals surface area (Å²) >= 11 is 7.13. The van der Waals surface area contributed by atoms with Crippen LogP contribution < -0.4 is 5.32 Å². The molecule has 0 aliphatic rings. The maximum atomic E-state index is 13.0. The molecule has 29 heavy (non-hydrogen) atoms. The molecular weight excluding hydrogens is 499 g/mol. The van der Waals surface area contributed by atoms with Crippen molar-refractivity contribution in [1.29, 1.82) is 5.26 Å². The molecule has 0 aromatic heterocycles. The zero-order valence-corrected chi connectivity index (χ0v) is 18.3. The summed E-state index contributed by atoms with van der Waals surface area (Å²) in [6.07, 6.45) is 2.26. The lowest BCUT2D eigenvalue weighted by Crippen LogP contribution is -2.13. The van der Waals surface area contributed by atoms with E-state index >= 15 is 0 Å². The fraction of sp³-hybridized carbons (Fsp3) is 0.0435. The number of carbonyl (C=O) groups excluding carboxylic acids is 1. The monoisotopic (exact) mass is 512 g/mol. The minimum Gasteiger partial charge on any atom is -0.321 e. The molecule has 0 unspecified atom stereocenters. The summed E-state index contributed by atoms with van der Waals surface area (Å²) in [6.45, 7) is 0. The second-order valence-electron chi connectivity index (χ2n) is 6.25. The van der Waals surface area contributed by atoms with Gasteiger partial charge in [-0.15, -0.1) is 0 Å². The highest BCUT2D eigenvalue weighted by Crippen LogP contribution is 2.26. The molecule has 0 bridgehead atoms. The highest BCUT2D eigenvalue weighted by molar-refractivity contribution is 9.10. The summed E-state index contributed by atoms with van der Waals surface area (Å²) in [4.78, 5) is 12.4. The van der Waals surface area contributed by atoms with Crippen LogP contribution in [-0.4, -0.2) is 5.91 Å². The second-order valence-corrected chi connectivity index (χ2v) is 7.96. The molecule has 0 saturated heterocycles. The van der Waals surface area contributed by atoms with Gasteiger partial charge in [0.2, 0.25) is 0 Å². The first-order valence-electron chi connectivity index (χ1n) is 8.67. The van der Waals surface area contributed by atoms with Gasteiger partial charge in [-0.25, -0.2) is 4.39 Å². The van der Waals surface area contributed by atoms with Gasteiger partial charge in [-0.2, -0.15) is 5.26 Å². The van der Waals surface area contributed by atoms with Crippen LogP contribution in [0.15, 0.2) is 81.2 Å². The number of hydrogen-bond acceptors (Lipinski definition) is 2. The van der Waals surface area contributed by atoms with Crippen molar-refractivity contribution < 1.29 is 9.18 Å². The molecular formula is C23H15Br2FN2O. The molecule has 3 aromatic rings. The van der Waals surface area contributed by atoms with E-state index in [1.807, 2.05) is 42.5 Å². The van der Waals surface area contributed by atoms with Gasteiger partial charge in [0, 0.05) is 14.6 Å². The average Bonchev–Trinajstić information content (AvgIpc) is 2.71. The van der Waals surface area contributed by atoms with Crippen LogP contribution >= 0.6 is 31.9 Å². The van der Waals surface area contributed by atoms with Crippen LogP contribution in [0.1, 0.15) is 16.7 Å². The number of benzene rings is 3. The number of halogens is 3. The minimum absolute atomic E-state index is 0.0419. The van der Waals surface area contributed by atoms with E-state index in [9.17, 15) is 14.4 Å². The van der Waals surface area contributed by atoms with E-state index in [0.717, 1.165) is 32.1 Å². The number of nitriles is 1. The molecule has 0 spiro atoms. The molecule has 0 aliphatic carbocycles. The third-order valence-corrected chi connectivity index (χ3v) is 5.71. The number of nitrogens with zero attached hydrogens (tertiary/aromatic N) is 1. The number of nitrogens with one attached hydrogen (secondary N) is 1. The number of amides is 1. The standard InChI is InChI=1S/C23H15Br2FN2O/c24-21-4-2-1-3-16(21)13-17-6-5-15(12-22(17)25)11-18(14-27)23(29)28-20-9-7-19(26)8-10-20/h1-12H,13H2,(H,28,29)/b18-11+. The Morgan fingerprint density at radius 1 is 1.00 bits per heavy atom. The largest absolute Gasteiger partial charge is 0.321 e. The van der Waals surface area contributed by atoms with Crippen LogP contribution in [0, 0.1) is 17.1 Å². The summed E-state index contributed by atoms with van der Waals surface area (Å²) in [7, 11) is 0. The zero-order valence-electron chi connectivity index (χ0n) is 15.1. The molecule has 3 rings (SSSR count). The van der Waals surface area contributed by atoms with Gasteiger partial charge in [0.1, 0.15) is 17.5 Å². The average molecular weight is 514 g/mol. The van der Waals surface area contributed by atoms with Gasteiger partial charge >= 0.3 is 0 Å². The Kier molecular flexibility index (Phi) is 6.97. The van der Waals surface area contributed by atoms with E-state index < -0.39 is 11.7 Å². The van der Waals surface area contributed by atoms with Crippen LogP contribution in [0.3, 0.4) is 0 Å². The maximum Gasteiger partial charge on any atom is 0.266 e. The number of rotatable bonds is 5. The first-order valence-corrected chi connectivity index (χ1v) is 10.3. The van der Waals surface area contributed by atoms with Gasteiger partial charge in [-0.05, 0) is 65.6 Å². The van der Waals surface area contributed by atoms with Crippen LogP contribution in [0.25, 0.3) is 6.08 Å². The smallest absolute Gasteiger partial charge is 0.266 e. The van der Waals surface area contributed by atoms with Gasteiger partial charge < -0.3 is 5.32 Å². The topological polar surface area (TPSA) is 52.9 Å². The second kappa shape index (κ2) is 9.64. The van der Waals surface area contributed by atoms with Crippen molar-refractivity contribution in [3.63, 3.8) is 0 Å². The molecule has 0 heterocycles. The maximum absolute atomic E-state index is 13.0. The Bertz CT molecular complexity index is 1120. The Labute approximate surface area is 185 Å². The Hall–Kier alpha value is -2.75. The van der Waals surface area contributed by atoms with Crippen molar-refractivity contribution in [1.82, 2.24) is 0 Å². The highest BCUT2D eigenvalue weighted by Gasteiger charge is 2.11. The lowest BCUT2D eigenvalue weighted by Gasteiger charge is -2.08. The third kappa shape index (κ3) is 5.63. The van der Waals surface area contributed by atoms with Gasteiger partial charge in [0.25, 0.3) is 5.91 Å². The van der Waals surface area contributed by atoms with E-state index in [2.05, 4.69) is 43.2 Å². The van der Waals surface area contributed by atoms with Crippen molar-refractivity contribution in [2.45, 2.75) is 6.42 Å². The molecule has 0 saturated carbocycles. The predicted molar refractivity (Wildman–Crippen MR) is 120 cm³/mol. The minimum atomic E-state index is -0.549. The van der Waals surface area contributed by atoms with Gasteiger partial charge in [-0.1, -0.05) is 62.2 Å². The van der Waals surface area contributed by atoms with Crippen molar-refractivity contribution in [3.05, 3.63) is 104 Å². The molecule has 3 nitrogen and oxygen atoms in total. The molecule has 0 aliphatic heterocycles. The third-order valence-electron chi connectivity index (χ3n) is 4.19. The number of hydrogen-bond donors (Lipinski definition) is 1. The Morgan fingerprint density at radius 2 is 1.69 bits per heavy atom. The van der Waals surface area contributed by atoms with Crippen LogP contribution in [-0.2, 0) is 11.2 Å². The summed E-state index contributed by atoms with van der Waals surface area (Å²) < 4.78 is 14.9. The van der Waals surface area contributed by atoms with Crippen LogP contribution in [0.4, 0.5) is 10.1 Å². The molecule has 3 aromatic carbocycles. The lowest BCUT2D eigenvalue weighted by molar-refractivity contribution is -0.112. The summed E-state index contributed by atoms with van der Waals surface area (Å²) in [6, 6.07) is 21.0. The van der Waals surface area contributed by atoms with Gasteiger partial charge in [0.15, 0.2) is 0 Å². The molecule has 0 fully saturated rings. The van der Waals surface area contributed by atoms with Gasteiger partial charge in [-0.3, -0.25) is 4.79 Å². The molecule has 0 radical (unpaired) electrons. The van der Waals surface area contributed by atoms with Crippen molar-refractivity contribution in [2.75, 3.05) is 5.32 Å². The van der Waals surface area contributed by atoms with Crippen molar-refractivity contribution in [3.8, 4) is 6.07 Å². The molecule has 1 N–H and O–H groups in total. The van der Waals surface area contributed by atoms with E-state index in [1.54, 1.807) is 0 Å². The molecule has 6 heteroatoms. The van der Waals surface area contributed by atoms with E-state index in [-0.39, 0.29) is 5.57 Å². The summed E-state index contributed by atoms with van der Waals surface area (Å²) in [5.74, 6) is -0.945. The predicted octanol–water partition coefficient (Wildman–Crippen LogP) is 6.49. The first-order chi connectivity index (χ1) is 14.0. The van der Waals surface area contributed by atoms with Crippen molar-refractivity contribution >= 4 is 49.5 Å². The fourth-order valence-electron chi connectivity index (χ4n) is 2.69. The van der Waals surface area contributed by atoms with Crippen LogP contribution in [0.2, 0.25) is 0 Å². The van der Waals surface area contributed by atoms with Gasteiger partial charge in [0.05, 0.1) is 0 Å². The SMILES string of the molecule is N#C/C(=C\c1ccc(Cc2ccccc2Br)c(Br)c1)C(=O)Nc1ccc(F)cc1. The molecule has 1 amide bonds. The van der Waals surface area contributed by atoms with E-state index in [1.165, 1.54) is 30.3 Å². The Morgan fingerprint density at radius 3 is 2.34 bits per heavy atom. The van der Waals surface area contributed by atoms with Crippen LogP contribution in [0.5, 0.6) is 0 Å². The number of carbonyl (C=O) groups is 1. The number of anilines is 1. The Balaban J connectivity index is 1.78. The summed E-state index contributed by atoms with van der Waals surface area (Å²) in [5.41, 5.74) is 3.34. The molecule has 0 atom stereocenters.